The zero-order valence-corrected chi connectivity index (χ0v) is 13.8. The molecule has 1 saturated heterocycles. The van der Waals surface area contributed by atoms with Gasteiger partial charge in [-0.2, -0.15) is 0 Å². The fourth-order valence-electron chi connectivity index (χ4n) is 2.88. The molecule has 126 valence electrons. The van der Waals surface area contributed by atoms with Crippen molar-refractivity contribution in [3.05, 3.63) is 71.8 Å². The van der Waals surface area contributed by atoms with Gasteiger partial charge < -0.3 is 14.2 Å². The molecule has 24 heavy (non-hydrogen) atoms. The van der Waals surface area contributed by atoms with Crippen molar-refractivity contribution in [2.45, 2.75) is 31.3 Å². The molecule has 1 aliphatic rings. The lowest BCUT2D eigenvalue weighted by atomic mass is 9.99. The van der Waals surface area contributed by atoms with Crippen LogP contribution in [-0.2, 0) is 14.2 Å². The van der Waals surface area contributed by atoms with Crippen LogP contribution in [0.3, 0.4) is 0 Å². The maximum atomic E-state index is 13.0. The summed E-state index contributed by atoms with van der Waals surface area (Å²) >= 11 is 0. The van der Waals surface area contributed by atoms with Gasteiger partial charge in [0.25, 0.3) is 5.97 Å². The molecule has 2 atom stereocenters. The molecule has 3 rings (SSSR count). The zero-order chi connectivity index (χ0) is 16.8. The first-order valence-electron chi connectivity index (χ1n) is 8.25. The number of hydrogen-bond acceptors (Lipinski definition) is 4. The summed E-state index contributed by atoms with van der Waals surface area (Å²) in [5.41, 5.74) is 1.39. The van der Waals surface area contributed by atoms with Gasteiger partial charge in [-0.3, -0.25) is 4.79 Å². The second-order valence-corrected chi connectivity index (χ2v) is 5.83. The Morgan fingerprint density at radius 3 is 2.29 bits per heavy atom. The largest absolute Gasteiger partial charge is 0.331 e. The first-order valence-corrected chi connectivity index (χ1v) is 8.25. The van der Waals surface area contributed by atoms with Crippen LogP contribution in [0.5, 0.6) is 0 Å². The number of hydrogen-bond donors (Lipinski definition) is 0. The number of ether oxygens (including phenoxy) is 3. The first-order chi connectivity index (χ1) is 11.7. The van der Waals surface area contributed by atoms with E-state index in [0.29, 0.717) is 18.6 Å². The van der Waals surface area contributed by atoms with Crippen LogP contribution < -0.4 is 0 Å². The molecule has 0 N–H and O–H groups in total. The minimum Gasteiger partial charge on any atom is -0.331 e. The van der Waals surface area contributed by atoms with Crippen molar-refractivity contribution in [3.63, 3.8) is 0 Å². The van der Waals surface area contributed by atoms with Crippen LogP contribution in [0.2, 0.25) is 0 Å². The minimum absolute atomic E-state index is 0.104. The highest BCUT2D eigenvalue weighted by Crippen LogP contribution is 2.34. The zero-order valence-electron chi connectivity index (χ0n) is 13.8. The summed E-state index contributed by atoms with van der Waals surface area (Å²) < 4.78 is 17.4. The van der Waals surface area contributed by atoms with Crippen molar-refractivity contribution in [3.8, 4) is 0 Å². The highest BCUT2D eigenvalue weighted by Gasteiger charge is 2.40. The number of ketones is 1. The molecule has 1 aliphatic heterocycles. The Morgan fingerprint density at radius 2 is 1.71 bits per heavy atom. The van der Waals surface area contributed by atoms with E-state index in [2.05, 4.69) is 0 Å². The summed E-state index contributed by atoms with van der Waals surface area (Å²) in [5.74, 6) is -1.27. The lowest BCUT2D eigenvalue weighted by Gasteiger charge is -2.37. The number of rotatable bonds is 6. The third kappa shape index (κ3) is 3.73. The van der Waals surface area contributed by atoms with Crippen molar-refractivity contribution >= 4 is 5.78 Å². The summed E-state index contributed by atoms with van der Waals surface area (Å²) in [6.07, 6.45) is 1.74. The molecular formula is C20H22O4. The molecule has 4 nitrogen and oxygen atoms in total. The van der Waals surface area contributed by atoms with Crippen LogP contribution in [0.25, 0.3) is 0 Å². The topological polar surface area (TPSA) is 44.8 Å². The quantitative estimate of drug-likeness (QED) is 0.591. The van der Waals surface area contributed by atoms with Crippen molar-refractivity contribution < 1.29 is 19.0 Å². The van der Waals surface area contributed by atoms with E-state index in [1.807, 2.05) is 48.5 Å². The predicted molar refractivity (Wildman–Crippen MR) is 90.6 cm³/mol. The van der Waals surface area contributed by atoms with E-state index in [-0.39, 0.29) is 5.78 Å². The second-order valence-electron chi connectivity index (χ2n) is 5.83. The Balaban J connectivity index is 1.92. The number of carbonyl (C=O) groups is 1. The Labute approximate surface area is 142 Å². The van der Waals surface area contributed by atoms with Crippen LogP contribution in [-0.4, -0.2) is 25.5 Å². The molecule has 0 radical (unpaired) electrons. The molecule has 1 heterocycles. The molecule has 1 fully saturated rings. The van der Waals surface area contributed by atoms with Crippen molar-refractivity contribution in [1.82, 2.24) is 0 Å². The SMILES string of the molecule is COC1(OC(C(=O)c2ccccc2)c2ccccc2)CCCCO1. The standard InChI is InChI=1S/C20H22O4/c1-22-20(14-8-9-15-23-20)24-19(17-12-6-3-7-13-17)18(21)16-10-4-2-5-11-16/h2-7,10-13,19H,8-9,14-15H2,1H3. The van der Waals surface area contributed by atoms with Gasteiger partial charge in [-0.25, -0.2) is 0 Å². The van der Waals surface area contributed by atoms with E-state index >= 15 is 0 Å². The molecule has 0 aromatic heterocycles. The monoisotopic (exact) mass is 326 g/mol. The van der Waals surface area contributed by atoms with Gasteiger partial charge in [-0.05, 0) is 18.4 Å². The van der Waals surface area contributed by atoms with Gasteiger partial charge in [-0.1, -0.05) is 60.7 Å². The number of methoxy groups -OCH3 is 1. The summed E-state index contributed by atoms with van der Waals surface area (Å²) in [5, 5.41) is 0. The molecule has 4 heteroatoms. The van der Waals surface area contributed by atoms with Crippen molar-refractivity contribution in [2.24, 2.45) is 0 Å². The highest BCUT2D eigenvalue weighted by atomic mass is 16.9. The van der Waals surface area contributed by atoms with Gasteiger partial charge in [0.15, 0.2) is 11.9 Å². The summed E-state index contributed by atoms with van der Waals surface area (Å²) in [6.45, 7) is 0.564. The van der Waals surface area contributed by atoms with Crippen molar-refractivity contribution in [2.75, 3.05) is 13.7 Å². The fourth-order valence-corrected chi connectivity index (χ4v) is 2.88. The Morgan fingerprint density at radius 1 is 1.04 bits per heavy atom. The van der Waals surface area contributed by atoms with Crippen molar-refractivity contribution in [1.29, 1.82) is 0 Å². The lowest BCUT2D eigenvalue weighted by molar-refractivity contribution is -0.393. The van der Waals surface area contributed by atoms with E-state index in [0.717, 1.165) is 18.4 Å². The van der Waals surface area contributed by atoms with Gasteiger partial charge in [0.05, 0.1) is 6.61 Å². The molecule has 2 aromatic rings. The molecule has 0 bridgehead atoms. The average Bonchev–Trinajstić information content (AvgIpc) is 2.68. The lowest BCUT2D eigenvalue weighted by Crippen LogP contribution is -2.43. The van der Waals surface area contributed by atoms with Gasteiger partial charge in [0.2, 0.25) is 0 Å². The molecular weight excluding hydrogens is 304 g/mol. The third-order valence-corrected chi connectivity index (χ3v) is 4.21. The van der Waals surface area contributed by atoms with E-state index in [4.69, 9.17) is 14.2 Å². The number of carbonyl (C=O) groups excluding carboxylic acids is 1. The Kier molecular flexibility index (Phi) is 5.41. The smallest absolute Gasteiger partial charge is 0.283 e. The van der Waals surface area contributed by atoms with E-state index < -0.39 is 12.1 Å². The normalized spacial score (nSPS) is 22.0. The van der Waals surface area contributed by atoms with Crippen LogP contribution in [0.15, 0.2) is 60.7 Å². The Hall–Kier alpha value is -2.01. The average molecular weight is 326 g/mol. The maximum Gasteiger partial charge on any atom is 0.283 e. The molecule has 2 aromatic carbocycles. The van der Waals surface area contributed by atoms with Crippen LogP contribution in [0.1, 0.15) is 41.3 Å². The van der Waals surface area contributed by atoms with Gasteiger partial charge in [-0.15, -0.1) is 0 Å². The third-order valence-electron chi connectivity index (χ3n) is 4.21. The summed E-state index contributed by atoms with van der Waals surface area (Å²) in [4.78, 5) is 13.0. The maximum absolute atomic E-state index is 13.0. The first kappa shape index (κ1) is 16.8. The fraction of sp³-hybridized carbons (Fsp3) is 0.350. The summed E-state index contributed by atoms with van der Waals surface area (Å²) in [6, 6.07) is 18.6. The predicted octanol–water partition coefficient (Wildman–Crippen LogP) is 4.13. The Bertz CT molecular complexity index is 648. The van der Waals surface area contributed by atoms with Crippen LogP contribution in [0.4, 0.5) is 0 Å². The van der Waals surface area contributed by atoms with Gasteiger partial charge >= 0.3 is 0 Å². The van der Waals surface area contributed by atoms with E-state index in [1.165, 1.54) is 0 Å². The summed E-state index contributed by atoms with van der Waals surface area (Å²) in [7, 11) is 1.56. The molecule has 0 saturated carbocycles. The van der Waals surface area contributed by atoms with Gasteiger partial charge in [0, 0.05) is 19.1 Å². The van der Waals surface area contributed by atoms with E-state index in [1.54, 1.807) is 19.2 Å². The number of benzene rings is 2. The minimum atomic E-state index is -1.16. The van der Waals surface area contributed by atoms with Crippen LogP contribution >= 0.6 is 0 Å². The van der Waals surface area contributed by atoms with Gasteiger partial charge in [0.1, 0.15) is 0 Å². The highest BCUT2D eigenvalue weighted by molar-refractivity contribution is 6.00. The molecule has 2 unspecified atom stereocenters. The number of Topliss-reactive ketones (excluding diaryl/α,β-unsaturated/α-hetero) is 1. The van der Waals surface area contributed by atoms with E-state index in [9.17, 15) is 4.79 Å². The molecule has 0 amide bonds. The second kappa shape index (κ2) is 7.71. The molecule has 0 aliphatic carbocycles. The van der Waals surface area contributed by atoms with Crippen LogP contribution in [0, 0.1) is 0 Å². The molecule has 0 spiro atoms.